The van der Waals surface area contributed by atoms with Gasteiger partial charge in [-0.15, -0.1) is 0 Å². The van der Waals surface area contributed by atoms with Crippen LogP contribution in [0.5, 0.6) is 0 Å². The Balaban J connectivity index is 2.20. The molecule has 1 amide bonds. The smallest absolute Gasteiger partial charge is 0.307 e. The van der Waals surface area contributed by atoms with Crippen LogP contribution >= 0.6 is 0 Å². The standard InChI is InChI=1S/C16H29NO3/c1-16(2,3)15(19)17-12-11-14(18)20-13-9-7-5-4-6-8-10-13/h13H,4-12H2,1-3H3,(H,17,19). The normalized spacial score (nSPS) is 17.9. The van der Waals surface area contributed by atoms with Gasteiger partial charge in [0.05, 0.1) is 6.42 Å². The molecule has 0 radical (unpaired) electrons. The molecule has 1 aliphatic rings. The number of hydrogen-bond acceptors (Lipinski definition) is 3. The van der Waals surface area contributed by atoms with Crippen LogP contribution in [0.4, 0.5) is 0 Å². The molecule has 1 fully saturated rings. The fourth-order valence-corrected chi connectivity index (χ4v) is 2.32. The van der Waals surface area contributed by atoms with E-state index in [-0.39, 0.29) is 24.4 Å². The number of carbonyl (C=O) groups is 2. The maximum atomic E-state index is 11.8. The fraction of sp³-hybridized carbons (Fsp3) is 0.875. The third kappa shape index (κ3) is 6.92. The molecule has 0 aromatic carbocycles. The van der Waals surface area contributed by atoms with Crippen molar-refractivity contribution in [3.05, 3.63) is 0 Å². The zero-order valence-corrected chi connectivity index (χ0v) is 13.2. The highest BCUT2D eigenvalue weighted by atomic mass is 16.5. The first-order valence-corrected chi connectivity index (χ1v) is 7.87. The van der Waals surface area contributed by atoms with Crippen LogP contribution in [-0.2, 0) is 14.3 Å². The molecule has 0 atom stereocenters. The molecule has 0 heterocycles. The van der Waals surface area contributed by atoms with E-state index in [0.29, 0.717) is 6.54 Å². The van der Waals surface area contributed by atoms with Gasteiger partial charge in [-0.1, -0.05) is 40.0 Å². The highest BCUT2D eigenvalue weighted by molar-refractivity contribution is 5.81. The van der Waals surface area contributed by atoms with Gasteiger partial charge in [-0.2, -0.15) is 0 Å². The number of hydrogen-bond donors (Lipinski definition) is 1. The van der Waals surface area contributed by atoms with Crippen LogP contribution in [-0.4, -0.2) is 24.5 Å². The van der Waals surface area contributed by atoms with Crippen molar-refractivity contribution in [2.24, 2.45) is 5.41 Å². The molecule has 1 rings (SSSR count). The second-order valence-corrected chi connectivity index (χ2v) is 6.71. The van der Waals surface area contributed by atoms with Crippen LogP contribution in [0.3, 0.4) is 0 Å². The summed E-state index contributed by atoms with van der Waals surface area (Å²) in [5.74, 6) is -0.221. The molecular formula is C16H29NO3. The summed E-state index contributed by atoms with van der Waals surface area (Å²) in [5.41, 5.74) is -0.413. The first kappa shape index (κ1) is 17.0. The molecule has 0 saturated heterocycles. The second kappa shape index (κ2) is 8.28. The number of carbonyl (C=O) groups excluding carboxylic acids is 2. The lowest BCUT2D eigenvalue weighted by Gasteiger charge is -2.21. The molecule has 0 aromatic heterocycles. The number of esters is 1. The van der Waals surface area contributed by atoms with Crippen LogP contribution in [0.25, 0.3) is 0 Å². The van der Waals surface area contributed by atoms with Gasteiger partial charge in [0.1, 0.15) is 6.10 Å². The summed E-state index contributed by atoms with van der Waals surface area (Å²) < 4.78 is 5.50. The van der Waals surface area contributed by atoms with Crippen molar-refractivity contribution in [3.63, 3.8) is 0 Å². The highest BCUT2D eigenvalue weighted by Crippen LogP contribution is 2.19. The zero-order valence-electron chi connectivity index (χ0n) is 13.2. The molecule has 1 N–H and O–H groups in total. The van der Waals surface area contributed by atoms with Crippen LogP contribution < -0.4 is 5.32 Å². The Labute approximate surface area is 122 Å². The Morgan fingerprint density at radius 3 is 2.15 bits per heavy atom. The third-order valence-electron chi connectivity index (χ3n) is 3.65. The van der Waals surface area contributed by atoms with Crippen LogP contribution in [0.1, 0.15) is 72.1 Å². The molecule has 0 aliphatic heterocycles. The molecule has 116 valence electrons. The molecule has 20 heavy (non-hydrogen) atoms. The average Bonchev–Trinajstić information content (AvgIpc) is 2.31. The van der Waals surface area contributed by atoms with Gasteiger partial charge in [-0.25, -0.2) is 0 Å². The van der Waals surface area contributed by atoms with Crippen molar-refractivity contribution in [1.82, 2.24) is 5.32 Å². The van der Waals surface area contributed by atoms with Crippen LogP contribution in [0, 0.1) is 5.41 Å². The van der Waals surface area contributed by atoms with Crippen molar-refractivity contribution >= 4 is 11.9 Å². The van der Waals surface area contributed by atoms with Crippen LogP contribution in [0.15, 0.2) is 0 Å². The summed E-state index contributed by atoms with van der Waals surface area (Å²) in [6.45, 7) is 5.93. The summed E-state index contributed by atoms with van der Waals surface area (Å²) in [7, 11) is 0. The van der Waals surface area contributed by atoms with Gasteiger partial charge in [0, 0.05) is 12.0 Å². The Morgan fingerprint density at radius 2 is 1.60 bits per heavy atom. The number of ether oxygens (including phenoxy) is 1. The second-order valence-electron chi connectivity index (χ2n) is 6.71. The predicted molar refractivity (Wildman–Crippen MR) is 79.3 cm³/mol. The lowest BCUT2D eigenvalue weighted by atomic mass is 9.96. The van der Waals surface area contributed by atoms with E-state index < -0.39 is 5.41 Å². The summed E-state index contributed by atoms with van der Waals surface area (Å²) in [6, 6.07) is 0. The third-order valence-corrected chi connectivity index (χ3v) is 3.65. The van der Waals surface area contributed by atoms with Gasteiger partial charge in [-0.3, -0.25) is 9.59 Å². The van der Waals surface area contributed by atoms with Gasteiger partial charge in [0.2, 0.25) is 5.91 Å². The van der Waals surface area contributed by atoms with Crippen molar-refractivity contribution in [2.75, 3.05) is 6.54 Å². The number of nitrogens with one attached hydrogen (secondary N) is 1. The van der Waals surface area contributed by atoms with E-state index in [1.165, 1.54) is 19.3 Å². The fourth-order valence-electron chi connectivity index (χ4n) is 2.32. The molecule has 0 unspecified atom stereocenters. The van der Waals surface area contributed by atoms with Gasteiger partial charge in [0.15, 0.2) is 0 Å². The lowest BCUT2D eigenvalue weighted by Crippen LogP contribution is -2.36. The van der Waals surface area contributed by atoms with E-state index >= 15 is 0 Å². The number of rotatable bonds is 4. The average molecular weight is 283 g/mol. The Kier molecular flexibility index (Phi) is 7.03. The minimum Gasteiger partial charge on any atom is -0.462 e. The highest BCUT2D eigenvalue weighted by Gasteiger charge is 2.21. The molecule has 1 saturated carbocycles. The molecule has 0 spiro atoms. The maximum absolute atomic E-state index is 11.8. The molecule has 4 nitrogen and oxygen atoms in total. The summed E-state index contributed by atoms with van der Waals surface area (Å²) in [5, 5.41) is 2.77. The van der Waals surface area contributed by atoms with Crippen molar-refractivity contribution in [2.45, 2.75) is 78.2 Å². The molecule has 4 heteroatoms. The molecule has 1 aliphatic carbocycles. The van der Waals surface area contributed by atoms with E-state index in [1.54, 1.807) is 0 Å². The topological polar surface area (TPSA) is 55.4 Å². The van der Waals surface area contributed by atoms with Crippen LogP contribution in [0.2, 0.25) is 0 Å². The van der Waals surface area contributed by atoms with Crippen molar-refractivity contribution in [1.29, 1.82) is 0 Å². The van der Waals surface area contributed by atoms with E-state index in [2.05, 4.69) is 5.32 Å². The minimum atomic E-state index is -0.413. The molecular weight excluding hydrogens is 254 g/mol. The number of amides is 1. The summed E-state index contributed by atoms with van der Waals surface area (Å²) in [4.78, 5) is 23.4. The van der Waals surface area contributed by atoms with E-state index in [9.17, 15) is 9.59 Å². The van der Waals surface area contributed by atoms with Crippen molar-refractivity contribution in [3.8, 4) is 0 Å². The molecule has 0 bridgehead atoms. The summed E-state index contributed by atoms with van der Waals surface area (Å²) in [6.07, 6.45) is 8.42. The Morgan fingerprint density at radius 1 is 1.05 bits per heavy atom. The first-order valence-electron chi connectivity index (χ1n) is 7.87. The van der Waals surface area contributed by atoms with E-state index in [4.69, 9.17) is 4.74 Å². The SMILES string of the molecule is CC(C)(C)C(=O)NCCC(=O)OC1CCCCCCC1. The van der Waals surface area contributed by atoms with Gasteiger partial charge < -0.3 is 10.1 Å². The predicted octanol–water partition coefficient (Wildman–Crippen LogP) is 3.19. The lowest BCUT2D eigenvalue weighted by molar-refractivity contribution is -0.150. The Bertz CT molecular complexity index is 312. The molecule has 0 aromatic rings. The van der Waals surface area contributed by atoms with E-state index in [0.717, 1.165) is 25.7 Å². The summed E-state index contributed by atoms with van der Waals surface area (Å²) >= 11 is 0. The first-order chi connectivity index (χ1) is 9.39. The maximum Gasteiger partial charge on any atom is 0.307 e. The largest absolute Gasteiger partial charge is 0.462 e. The van der Waals surface area contributed by atoms with Gasteiger partial charge in [-0.05, 0) is 25.7 Å². The monoisotopic (exact) mass is 283 g/mol. The quantitative estimate of drug-likeness (QED) is 0.806. The van der Waals surface area contributed by atoms with Crippen molar-refractivity contribution < 1.29 is 14.3 Å². The Hall–Kier alpha value is -1.06. The zero-order chi connectivity index (χ0) is 15.0. The van der Waals surface area contributed by atoms with Gasteiger partial charge in [0.25, 0.3) is 0 Å². The minimum absolute atomic E-state index is 0.0312. The van der Waals surface area contributed by atoms with Gasteiger partial charge >= 0.3 is 5.97 Å². The van der Waals surface area contributed by atoms with E-state index in [1.807, 2.05) is 20.8 Å².